The van der Waals surface area contributed by atoms with Gasteiger partial charge >= 0.3 is 0 Å². The molecule has 1 N–H and O–H groups in total. The summed E-state index contributed by atoms with van der Waals surface area (Å²) in [5, 5.41) is 6.16. The van der Waals surface area contributed by atoms with E-state index in [1.807, 2.05) is 18.6 Å². The van der Waals surface area contributed by atoms with Gasteiger partial charge in [0.2, 0.25) is 0 Å². The number of aryl methyl sites for hydroxylation is 1. The Morgan fingerprint density at radius 1 is 1.44 bits per heavy atom. The average Bonchev–Trinajstić information content (AvgIpc) is 3.28. The fourth-order valence-corrected chi connectivity index (χ4v) is 4.57. The second-order valence-electron chi connectivity index (χ2n) is 6.88. The monoisotopic (exact) mass is 361 g/mol. The number of hydrogen-bond donors (Lipinski definition) is 1. The number of nitrogens with zero attached hydrogens (tertiary/aromatic N) is 4. The molecule has 0 saturated carbocycles. The Bertz CT molecular complexity index is 723. The molecule has 2 saturated heterocycles. The SMILES string of the molecule is Cn1ccnc1C(=O)NCCC1CCOC12CN(Cc1nccs1)C2. The summed E-state index contributed by atoms with van der Waals surface area (Å²) in [6.45, 7) is 4.32. The van der Waals surface area contributed by atoms with Crippen LogP contribution in [0.25, 0.3) is 0 Å². The molecule has 8 heteroatoms. The Kier molecular flexibility index (Phi) is 4.58. The lowest BCUT2D eigenvalue weighted by molar-refractivity contribution is -0.136. The van der Waals surface area contributed by atoms with Crippen molar-refractivity contribution in [2.45, 2.75) is 25.0 Å². The first kappa shape index (κ1) is 16.7. The van der Waals surface area contributed by atoms with Crippen molar-refractivity contribution < 1.29 is 9.53 Å². The van der Waals surface area contributed by atoms with Gasteiger partial charge < -0.3 is 14.6 Å². The number of amides is 1. The highest BCUT2D eigenvalue weighted by Crippen LogP contribution is 2.42. The largest absolute Gasteiger partial charge is 0.372 e. The lowest BCUT2D eigenvalue weighted by atomic mass is 9.79. The Balaban J connectivity index is 1.25. The summed E-state index contributed by atoms with van der Waals surface area (Å²) in [6.07, 6.45) is 7.29. The molecule has 4 rings (SSSR count). The first-order valence-corrected chi connectivity index (χ1v) is 9.54. The molecule has 134 valence electrons. The number of carbonyl (C=O) groups is 1. The van der Waals surface area contributed by atoms with Crippen LogP contribution in [0.1, 0.15) is 28.5 Å². The fourth-order valence-electron chi connectivity index (χ4n) is 3.91. The first-order chi connectivity index (χ1) is 12.2. The van der Waals surface area contributed by atoms with Gasteiger partial charge in [-0.25, -0.2) is 9.97 Å². The van der Waals surface area contributed by atoms with Gasteiger partial charge in [0.1, 0.15) is 5.01 Å². The Morgan fingerprint density at radius 3 is 3.04 bits per heavy atom. The van der Waals surface area contributed by atoms with Gasteiger partial charge in [0, 0.05) is 57.3 Å². The van der Waals surface area contributed by atoms with Crippen LogP contribution in [0.2, 0.25) is 0 Å². The minimum Gasteiger partial charge on any atom is -0.372 e. The number of aromatic nitrogens is 3. The Hall–Kier alpha value is -1.77. The Morgan fingerprint density at radius 2 is 2.32 bits per heavy atom. The number of likely N-dealkylation sites (tertiary alicyclic amines) is 1. The normalized spacial score (nSPS) is 22.2. The molecule has 4 heterocycles. The van der Waals surface area contributed by atoms with Crippen LogP contribution in [0, 0.1) is 5.92 Å². The molecule has 1 amide bonds. The molecule has 2 aliphatic rings. The maximum Gasteiger partial charge on any atom is 0.287 e. The van der Waals surface area contributed by atoms with Gasteiger partial charge in [0.25, 0.3) is 5.91 Å². The lowest BCUT2D eigenvalue weighted by Crippen LogP contribution is -2.64. The third-order valence-electron chi connectivity index (χ3n) is 5.23. The predicted molar refractivity (Wildman–Crippen MR) is 94.3 cm³/mol. The van der Waals surface area contributed by atoms with Crippen molar-refractivity contribution in [2.75, 3.05) is 26.2 Å². The number of ether oxygens (including phenoxy) is 1. The molecule has 1 spiro atoms. The highest BCUT2D eigenvalue weighted by atomic mass is 32.1. The maximum atomic E-state index is 12.1. The summed E-state index contributed by atoms with van der Waals surface area (Å²) >= 11 is 1.70. The molecule has 25 heavy (non-hydrogen) atoms. The van der Waals surface area contributed by atoms with Crippen LogP contribution >= 0.6 is 11.3 Å². The molecule has 0 radical (unpaired) electrons. The van der Waals surface area contributed by atoms with Gasteiger partial charge in [0.05, 0.1) is 12.1 Å². The number of hydrogen-bond acceptors (Lipinski definition) is 6. The topological polar surface area (TPSA) is 72.3 Å². The molecule has 0 aromatic carbocycles. The summed E-state index contributed by atoms with van der Waals surface area (Å²) in [5.74, 6) is 0.844. The van der Waals surface area contributed by atoms with Crippen molar-refractivity contribution >= 4 is 17.2 Å². The van der Waals surface area contributed by atoms with Crippen molar-refractivity contribution in [3.8, 4) is 0 Å². The van der Waals surface area contributed by atoms with E-state index in [9.17, 15) is 4.79 Å². The fraction of sp³-hybridized carbons (Fsp3) is 0.588. The van der Waals surface area contributed by atoms with Crippen LogP contribution in [-0.2, 0) is 18.3 Å². The Labute approximate surface area is 151 Å². The number of nitrogens with one attached hydrogen (secondary N) is 1. The van der Waals surface area contributed by atoms with E-state index in [0.29, 0.717) is 18.3 Å². The number of rotatable bonds is 6. The average molecular weight is 361 g/mol. The van der Waals surface area contributed by atoms with Crippen LogP contribution in [0.5, 0.6) is 0 Å². The molecule has 2 fully saturated rings. The third kappa shape index (κ3) is 3.33. The zero-order valence-electron chi connectivity index (χ0n) is 14.4. The molecule has 0 bridgehead atoms. The summed E-state index contributed by atoms with van der Waals surface area (Å²) in [6, 6.07) is 0. The highest BCUT2D eigenvalue weighted by molar-refractivity contribution is 7.09. The molecule has 2 aliphatic heterocycles. The van der Waals surface area contributed by atoms with E-state index >= 15 is 0 Å². The standard InChI is InChI=1S/C17H23N5O2S/c1-21-7-5-19-15(21)16(23)20-4-2-13-3-8-24-17(13)11-22(12-17)10-14-18-6-9-25-14/h5-7,9,13H,2-4,8,10-12H2,1H3,(H,20,23). The predicted octanol–water partition coefficient (Wildman–Crippen LogP) is 1.29. The van der Waals surface area contributed by atoms with E-state index in [-0.39, 0.29) is 11.5 Å². The van der Waals surface area contributed by atoms with Crippen molar-refractivity contribution in [3.05, 3.63) is 34.8 Å². The minimum absolute atomic E-state index is 0.0226. The molecule has 7 nitrogen and oxygen atoms in total. The summed E-state index contributed by atoms with van der Waals surface area (Å²) in [5.41, 5.74) is -0.0226. The zero-order chi connectivity index (χ0) is 17.3. The summed E-state index contributed by atoms with van der Waals surface area (Å²) < 4.78 is 7.83. The molecule has 1 unspecified atom stereocenters. The minimum atomic E-state index is -0.112. The van der Waals surface area contributed by atoms with E-state index in [0.717, 1.165) is 44.1 Å². The van der Waals surface area contributed by atoms with Crippen molar-refractivity contribution in [1.82, 2.24) is 24.8 Å². The first-order valence-electron chi connectivity index (χ1n) is 8.66. The van der Waals surface area contributed by atoms with E-state index in [2.05, 4.69) is 20.2 Å². The summed E-state index contributed by atoms with van der Waals surface area (Å²) in [7, 11) is 1.83. The maximum absolute atomic E-state index is 12.1. The van der Waals surface area contributed by atoms with Gasteiger partial charge in [-0.3, -0.25) is 9.69 Å². The number of imidazole rings is 1. The van der Waals surface area contributed by atoms with Gasteiger partial charge in [-0.1, -0.05) is 0 Å². The van der Waals surface area contributed by atoms with E-state index in [1.54, 1.807) is 28.3 Å². The van der Waals surface area contributed by atoms with Gasteiger partial charge in [-0.15, -0.1) is 11.3 Å². The quantitative estimate of drug-likeness (QED) is 0.839. The second-order valence-corrected chi connectivity index (χ2v) is 7.86. The van der Waals surface area contributed by atoms with Gasteiger partial charge in [-0.05, 0) is 18.8 Å². The van der Waals surface area contributed by atoms with Crippen LogP contribution in [0.15, 0.2) is 24.0 Å². The van der Waals surface area contributed by atoms with Crippen LogP contribution in [-0.4, -0.2) is 57.2 Å². The molecule has 2 aromatic rings. The van der Waals surface area contributed by atoms with Crippen LogP contribution in [0.4, 0.5) is 0 Å². The summed E-state index contributed by atoms with van der Waals surface area (Å²) in [4.78, 5) is 23.0. The van der Waals surface area contributed by atoms with Crippen molar-refractivity contribution in [2.24, 2.45) is 13.0 Å². The molecule has 1 atom stereocenters. The van der Waals surface area contributed by atoms with E-state index < -0.39 is 0 Å². The number of carbonyl (C=O) groups excluding carboxylic acids is 1. The van der Waals surface area contributed by atoms with Gasteiger partial charge in [0.15, 0.2) is 5.82 Å². The molecular weight excluding hydrogens is 338 g/mol. The smallest absolute Gasteiger partial charge is 0.287 e. The van der Waals surface area contributed by atoms with Crippen LogP contribution < -0.4 is 5.32 Å². The van der Waals surface area contributed by atoms with Gasteiger partial charge in [-0.2, -0.15) is 0 Å². The third-order valence-corrected chi connectivity index (χ3v) is 5.99. The van der Waals surface area contributed by atoms with Crippen molar-refractivity contribution in [1.29, 1.82) is 0 Å². The van der Waals surface area contributed by atoms with E-state index in [1.165, 1.54) is 0 Å². The molecular formula is C17H23N5O2S. The van der Waals surface area contributed by atoms with Crippen molar-refractivity contribution in [3.63, 3.8) is 0 Å². The zero-order valence-corrected chi connectivity index (χ0v) is 15.2. The lowest BCUT2D eigenvalue weighted by Gasteiger charge is -2.50. The second kappa shape index (κ2) is 6.86. The van der Waals surface area contributed by atoms with E-state index in [4.69, 9.17) is 4.74 Å². The van der Waals surface area contributed by atoms with Crippen LogP contribution in [0.3, 0.4) is 0 Å². The molecule has 0 aliphatic carbocycles. The highest BCUT2D eigenvalue weighted by Gasteiger charge is 2.52. The molecule has 2 aromatic heterocycles. The number of thiazole rings is 1.